The van der Waals surface area contributed by atoms with Crippen molar-refractivity contribution in [3.05, 3.63) is 16.1 Å². The number of aliphatic hydroxyl groups is 1. The van der Waals surface area contributed by atoms with Crippen molar-refractivity contribution in [1.82, 2.24) is 4.98 Å². The SMILES string of the molecule is Cc1nc(C(O)C2(C#N)CCC(C)(C)CC2)cs1. The Kier molecular flexibility index (Phi) is 3.48. The number of hydrogen-bond donors (Lipinski definition) is 1. The maximum absolute atomic E-state index is 10.5. The molecule has 1 aliphatic carbocycles. The van der Waals surface area contributed by atoms with E-state index in [-0.39, 0.29) is 5.41 Å². The first-order valence-corrected chi connectivity index (χ1v) is 7.28. The van der Waals surface area contributed by atoms with Crippen LogP contribution in [0.5, 0.6) is 0 Å². The molecule has 1 fully saturated rings. The summed E-state index contributed by atoms with van der Waals surface area (Å²) < 4.78 is 0. The standard InChI is InChI=1S/C14H20N2OS/c1-10-16-11(8-18-10)12(17)14(9-15)6-4-13(2,3)5-7-14/h8,12,17H,4-7H2,1-3H3. The molecule has 0 bridgehead atoms. The van der Waals surface area contributed by atoms with Gasteiger partial charge in [-0.05, 0) is 38.0 Å². The third-order valence-electron chi connectivity index (χ3n) is 4.16. The molecule has 18 heavy (non-hydrogen) atoms. The molecule has 4 heteroatoms. The number of nitriles is 1. The summed E-state index contributed by atoms with van der Waals surface area (Å²) >= 11 is 1.53. The second-order valence-electron chi connectivity index (χ2n) is 6.13. The van der Waals surface area contributed by atoms with Crippen LogP contribution >= 0.6 is 11.3 Å². The number of aryl methyl sites for hydroxylation is 1. The molecule has 1 heterocycles. The maximum atomic E-state index is 10.5. The molecular formula is C14H20N2OS. The predicted octanol–water partition coefficient (Wildman–Crippen LogP) is 3.60. The van der Waals surface area contributed by atoms with Crippen LogP contribution in [0.25, 0.3) is 0 Å². The van der Waals surface area contributed by atoms with E-state index in [2.05, 4.69) is 24.9 Å². The summed E-state index contributed by atoms with van der Waals surface area (Å²) in [6, 6.07) is 2.38. The van der Waals surface area contributed by atoms with E-state index in [0.29, 0.717) is 5.69 Å². The summed E-state index contributed by atoms with van der Waals surface area (Å²) in [5, 5.41) is 22.8. The van der Waals surface area contributed by atoms with Gasteiger partial charge in [0.25, 0.3) is 0 Å². The summed E-state index contributed by atoms with van der Waals surface area (Å²) in [7, 11) is 0. The van der Waals surface area contributed by atoms with Crippen LogP contribution in [0.15, 0.2) is 5.38 Å². The van der Waals surface area contributed by atoms with Gasteiger partial charge in [0.2, 0.25) is 0 Å². The van der Waals surface area contributed by atoms with E-state index in [1.54, 1.807) is 0 Å². The molecule has 1 aromatic rings. The van der Waals surface area contributed by atoms with Crippen LogP contribution in [-0.4, -0.2) is 10.1 Å². The van der Waals surface area contributed by atoms with Gasteiger partial charge in [-0.3, -0.25) is 0 Å². The molecule has 1 N–H and O–H groups in total. The van der Waals surface area contributed by atoms with Crippen molar-refractivity contribution in [1.29, 1.82) is 5.26 Å². The molecular weight excluding hydrogens is 244 g/mol. The molecule has 1 aliphatic rings. The Morgan fingerprint density at radius 1 is 1.39 bits per heavy atom. The van der Waals surface area contributed by atoms with Gasteiger partial charge in [0.15, 0.2) is 0 Å². The van der Waals surface area contributed by atoms with E-state index in [4.69, 9.17) is 0 Å². The van der Waals surface area contributed by atoms with E-state index in [1.807, 2.05) is 12.3 Å². The van der Waals surface area contributed by atoms with Gasteiger partial charge in [0.1, 0.15) is 6.10 Å². The van der Waals surface area contributed by atoms with Crippen molar-refractivity contribution in [3.8, 4) is 6.07 Å². The van der Waals surface area contributed by atoms with E-state index in [1.165, 1.54) is 11.3 Å². The number of thiazole rings is 1. The summed E-state index contributed by atoms with van der Waals surface area (Å²) in [5.74, 6) is 0. The van der Waals surface area contributed by atoms with Crippen LogP contribution in [0, 0.1) is 29.1 Å². The minimum Gasteiger partial charge on any atom is -0.385 e. The van der Waals surface area contributed by atoms with Gasteiger partial charge in [-0.25, -0.2) is 4.98 Å². The van der Waals surface area contributed by atoms with Crippen LogP contribution in [0.4, 0.5) is 0 Å². The van der Waals surface area contributed by atoms with E-state index in [0.717, 1.165) is 30.7 Å². The molecule has 2 rings (SSSR count). The Bertz CT molecular complexity index is 462. The van der Waals surface area contributed by atoms with Crippen LogP contribution < -0.4 is 0 Å². The van der Waals surface area contributed by atoms with Crippen LogP contribution in [-0.2, 0) is 0 Å². The van der Waals surface area contributed by atoms with E-state index >= 15 is 0 Å². The molecule has 0 saturated heterocycles. The fourth-order valence-electron chi connectivity index (χ4n) is 2.61. The summed E-state index contributed by atoms with van der Waals surface area (Å²) in [5.41, 5.74) is 0.312. The zero-order valence-electron chi connectivity index (χ0n) is 11.2. The minimum atomic E-state index is -0.747. The van der Waals surface area contributed by atoms with Gasteiger partial charge in [0, 0.05) is 5.38 Å². The lowest BCUT2D eigenvalue weighted by atomic mass is 9.63. The third-order valence-corrected chi connectivity index (χ3v) is 4.95. The van der Waals surface area contributed by atoms with Crippen molar-refractivity contribution in [3.63, 3.8) is 0 Å². The van der Waals surface area contributed by atoms with Gasteiger partial charge in [-0.1, -0.05) is 13.8 Å². The fraction of sp³-hybridized carbons (Fsp3) is 0.714. The lowest BCUT2D eigenvalue weighted by molar-refractivity contribution is 0.00728. The molecule has 3 nitrogen and oxygen atoms in total. The van der Waals surface area contributed by atoms with Crippen LogP contribution in [0.3, 0.4) is 0 Å². The largest absolute Gasteiger partial charge is 0.385 e. The average molecular weight is 264 g/mol. The number of aliphatic hydroxyl groups excluding tert-OH is 1. The summed E-state index contributed by atoms with van der Waals surface area (Å²) in [6.07, 6.45) is 2.74. The van der Waals surface area contributed by atoms with Crippen molar-refractivity contribution in [2.45, 2.75) is 52.6 Å². The number of rotatable bonds is 2. The third kappa shape index (κ3) is 2.43. The maximum Gasteiger partial charge on any atom is 0.115 e. The van der Waals surface area contributed by atoms with E-state index < -0.39 is 11.5 Å². The Morgan fingerprint density at radius 2 is 2.00 bits per heavy atom. The van der Waals surface area contributed by atoms with Crippen molar-refractivity contribution < 1.29 is 5.11 Å². The number of aromatic nitrogens is 1. The fourth-order valence-corrected chi connectivity index (χ4v) is 3.24. The molecule has 98 valence electrons. The molecule has 0 radical (unpaired) electrons. The van der Waals surface area contributed by atoms with Gasteiger partial charge < -0.3 is 5.11 Å². The minimum absolute atomic E-state index is 0.290. The average Bonchev–Trinajstić information content (AvgIpc) is 2.76. The molecule has 0 aliphatic heterocycles. The highest BCUT2D eigenvalue weighted by Gasteiger charge is 2.45. The topological polar surface area (TPSA) is 56.9 Å². The second-order valence-corrected chi connectivity index (χ2v) is 7.19. The predicted molar refractivity (Wildman–Crippen MR) is 72.1 cm³/mol. The second kappa shape index (κ2) is 4.64. The molecule has 1 atom stereocenters. The molecule has 1 aromatic heterocycles. The molecule has 1 saturated carbocycles. The summed E-state index contributed by atoms with van der Waals surface area (Å²) in [4.78, 5) is 4.33. The highest BCUT2D eigenvalue weighted by Crippen LogP contribution is 2.50. The van der Waals surface area contributed by atoms with Crippen molar-refractivity contribution >= 4 is 11.3 Å². The van der Waals surface area contributed by atoms with Crippen molar-refractivity contribution in [2.75, 3.05) is 0 Å². The monoisotopic (exact) mass is 264 g/mol. The highest BCUT2D eigenvalue weighted by atomic mass is 32.1. The Labute approximate surface area is 112 Å². The first-order valence-electron chi connectivity index (χ1n) is 6.40. The van der Waals surface area contributed by atoms with Gasteiger partial charge in [-0.2, -0.15) is 5.26 Å². The summed E-state index contributed by atoms with van der Waals surface area (Å²) in [6.45, 7) is 6.38. The Morgan fingerprint density at radius 3 is 2.44 bits per heavy atom. The lowest BCUT2D eigenvalue weighted by Gasteiger charge is -2.41. The molecule has 0 amide bonds. The van der Waals surface area contributed by atoms with Crippen molar-refractivity contribution in [2.24, 2.45) is 10.8 Å². The zero-order valence-corrected chi connectivity index (χ0v) is 12.0. The molecule has 0 aromatic carbocycles. The molecule has 0 spiro atoms. The normalized spacial score (nSPS) is 23.3. The van der Waals surface area contributed by atoms with Gasteiger partial charge in [-0.15, -0.1) is 11.3 Å². The Hall–Kier alpha value is -0.920. The zero-order chi connectivity index (χ0) is 13.4. The number of nitrogens with zero attached hydrogens (tertiary/aromatic N) is 2. The highest BCUT2D eigenvalue weighted by molar-refractivity contribution is 7.09. The first kappa shape index (κ1) is 13.5. The molecule has 1 unspecified atom stereocenters. The van der Waals surface area contributed by atoms with Gasteiger partial charge in [0.05, 0.1) is 22.2 Å². The lowest BCUT2D eigenvalue weighted by Crippen LogP contribution is -2.35. The Balaban J connectivity index is 2.22. The smallest absolute Gasteiger partial charge is 0.115 e. The van der Waals surface area contributed by atoms with E-state index in [9.17, 15) is 10.4 Å². The first-order chi connectivity index (χ1) is 8.38. The number of hydrogen-bond acceptors (Lipinski definition) is 4. The van der Waals surface area contributed by atoms with Gasteiger partial charge >= 0.3 is 0 Å². The quantitative estimate of drug-likeness (QED) is 0.888. The van der Waals surface area contributed by atoms with Crippen LogP contribution in [0.1, 0.15) is 56.3 Å². The van der Waals surface area contributed by atoms with Crippen LogP contribution in [0.2, 0.25) is 0 Å².